The summed E-state index contributed by atoms with van der Waals surface area (Å²) in [6, 6.07) is 17.4. The van der Waals surface area contributed by atoms with Crippen molar-refractivity contribution in [3.8, 4) is 28.5 Å². The quantitative estimate of drug-likeness (QED) is 0.383. The lowest BCUT2D eigenvalue weighted by molar-refractivity contribution is -0.115. The summed E-state index contributed by atoms with van der Waals surface area (Å²) in [6.45, 7) is 4.59. The second kappa shape index (κ2) is 9.57. The van der Waals surface area contributed by atoms with Gasteiger partial charge in [0.1, 0.15) is 11.5 Å². The fraction of sp³-hybridized carbons (Fsp3) is 0.208. The van der Waals surface area contributed by atoms with Gasteiger partial charge in [0.25, 0.3) is 0 Å². The SMILES string of the molecule is CCCOc1ccc(-c2csc(NC(=O)Cc3nc(-c4ccccc4)oc3C)n2)cc1. The molecule has 0 aliphatic heterocycles. The average Bonchev–Trinajstić information content (AvgIpc) is 3.40. The number of anilines is 1. The van der Waals surface area contributed by atoms with Gasteiger partial charge in [0.05, 0.1) is 24.4 Å². The minimum Gasteiger partial charge on any atom is -0.494 e. The molecule has 7 heteroatoms. The van der Waals surface area contributed by atoms with Crippen LogP contribution in [0.3, 0.4) is 0 Å². The molecule has 0 fully saturated rings. The first-order valence-corrected chi connectivity index (χ1v) is 11.0. The lowest BCUT2D eigenvalue weighted by Gasteiger charge is -2.04. The van der Waals surface area contributed by atoms with E-state index in [2.05, 4.69) is 22.2 Å². The van der Waals surface area contributed by atoms with Gasteiger partial charge in [0, 0.05) is 16.5 Å². The number of oxazole rings is 1. The first-order valence-electron chi connectivity index (χ1n) is 10.1. The maximum atomic E-state index is 12.5. The molecule has 2 aromatic carbocycles. The van der Waals surface area contributed by atoms with Crippen LogP contribution in [0, 0.1) is 6.92 Å². The summed E-state index contributed by atoms with van der Waals surface area (Å²) in [5, 5.41) is 5.33. The molecule has 1 amide bonds. The van der Waals surface area contributed by atoms with E-state index in [0.717, 1.165) is 29.0 Å². The topological polar surface area (TPSA) is 77.2 Å². The highest BCUT2D eigenvalue weighted by Gasteiger charge is 2.16. The fourth-order valence-corrected chi connectivity index (χ4v) is 3.75. The number of hydrogen-bond acceptors (Lipinski definition) is 6. The molecule has 0 spiro atoms. The summed E-state index contributed by atoms with van der Waals surface area (Å²) < 4.78 is 11.3. The Morgan fingerprint density at radius 2 is 1.84 bits per heavy atom. The van der Waals surface area contributed by atoms with Gasteiger partial charge < -0.3 is 14.5 Å². The van der Waals surface area contributed by atoms with Gasteiger partial charge in [-0.2, -0.15) is 0 Å². The highest BCUT2D eigenvalue weighted by atomic mass is 32.1. The molecule has 2 aromatic heterocycles. The molecule has 0 atom stereocenters. The normalized spacial score (nSPS) is 10.8. The van der Waals surface area contributed by atoms with Gasteiger partial charge in [-0.3, -0.25) is 4.79 Å². The molecule has 0 saturated carbocycles. The number of carbonyl (C=O) groups excluding carboxylic acids is 1. The highest BCUT2D eigenvalue weighted by Crippen LogP contribution is 2.27. The molecule has 1 N–H and O–H groups in total. The van der Waals surface area contributed by atoms with Crippen LogP contribution >= 0.6 is 11.3 Å². The molecule has 6 nitrogen and oxygen atoms in total. The van der Waals surface area contributed by atoms with E-state index in [1.807, 2.05) is 66.9 Å². The molecule has 31 heavy (non-hydrogen) atoms. The zero-order chi connectivity index (χ0) is 21.6. The number of amides is 1. The first-order chi connectivity index (χ1) is 15.1. The summed E-state index contributed by atoms with van der Waals surface area (Å²) in [4.78, 5) is 21.5. The van der Waals surface area contributed by atoms with Crippen molar-refractivity contribution in [3.05, 3.63) is 71.4 Å². The molecule has 0 unspecified atom stereocenters. The molecule has 0 aliphatic rings. The van der Waals surface area contributed by atoms with Crippen molar-refractivity contribution >= 4 is 22.4 Å². The maximum absolute atomic E-state index is 12.5. The Balaban J connectivity index is 1.39. The van der Waals surface area contributed by atoms with Crippen LogP contribution in [0.4, 0.5) is 5.13 Å². The second-order valence-electron chi connectivity index (χ2n) is 7.02. The molecule has 0 saturated heterocycles. The Morgan fingerprint density at radius 1 is 1.06 bits per heavy atom. The molecule has 0 radical (unpaired) electrons. The van der Waals surface area contributed by atoms with E-state index >= 15 is 0 Å². The third kappa shape index (κ3) is 5.19. The van der Waals surface area contributed by atoms with Gasteiger partial charge in [-0.1, -0.05) is 25.1 Å². The van der Waals surface area contributed by atoms with Gasteiger partial charge in [-0.15, -0.1) is 11.3 Å². The predicted octanol–water partition coefficient (Wildman–Crippen LogP) is 5.74. The minimum absolute atomic E-state index is 0.126. The van der Waals surface area contributed by atoms with Crippen molar-refractivity contribution in [3.63, 3.8) is 0 Å². The standard InChI is InChI=1S/C24H23N3O3S/c1-3-13-29-19-11-9-17(10-12-19)21-15-31-24(26-21)27-22(28)14-20-16(2)30-23(25-20)18-7-5-4-6-8-18/h4-12,15H,3,13-14H2,1-2H3,(H,26,27,28). The van der Waals surface area contributed by atoms with Crippen molar-refractivity contribution < 1.29 is 13.9 Å². The Morgan fingerprint density at radius 3 is 2.58 bits per heavy atom. The summed E-state index contributed by atoms with van der Waals surface area (Å²) >= 11 is 1.39. The number of aromatic nitrogens is 2. The number of rotatable bonds is 8. The van der Waals surface area contributed by atoms with Crippen LogP contribution < -0.4 is 10.1 Å². The van der Waals surface area contributed by atoms with E-state index in [9.17, 15) is 4.79 Å². The smallest absolute Gasteiger partial charge is 0.232 e. The van der Waals surface area contributed by atoms with Crippen LogP contribution in [0.2, 0.25) is 0 Å². The number of nitrogens with one attached hydrogen (secondary N) is 1. The number of carbonyl (C=O) groups is 1. The zero-order valence-corrected chi connectivity index (χ0v) is 18.2. The van der Waals surface area contributed by atoms with Gasteiger partial charge in [-0.05, 0) is 49.7 Å². The van der Waals surface area contributed by atoms with Gasteiger partial charge >= 0.3 is 0 Å². The number of nitrogens with zero attached hydrogens (tertiary/aromatic N) is 2. The summed E-state index contributed by atoms with van der Waals surface area (Å²) in [5.74, 6) is 1.82. The molecule has 0 aliphatic carbocycles. The molecule has 158 valence electrons. The van der Waals surface area contributed by atoms with E-state index in [1.165, 1.54) is 11.3 Å². The van der Waals surface area contributed by atoms with Gasteiger partial charge in [0.2, 0.25) is 11.8 Å². The lowest BCUT2D eigenvalue weighted by Crippen LogP contribution is -2.15. The van der Waals surface area contributed by atoms with Crippen molar-refractivity contribution in [2.45, 2.75) is 26.7 Å². The molecular weight excluding hydrogens is 410 g/mol. The van der Waals surface area contributed by atoms with Crippen LogP contribution in [0.1, 0.15) is 24.8 Å². The number of thiazole rings is 1. The molecule has 4 aromatic rings. The zero-order valence-electron chi connectivity index (χ0n) is 17.4. The van der Waals surface area contributed by atoms with Crippen molar-refractivity contribution in [1.29, 1.82) is 0 Å². The third-order valence-electron chi connectivity index (χ3n) is 4.61. The lowest BCUT2D eigenvalue weighted by atomic mass is 10.2. The highest BCUT2D eigenvalue weighted by molar-refractivity contribution is 7.14. The van der Waals surface area contributed by atoms with Crippen LogP contribution in [0.25, 0.3) is 22.7 Å². The Labute approximate surface area is 184 Å². The number of aryl methyl sites for hydroxylation is 1. The summed E-state index contributed by atoms with van der Waals surface area (Å²) in [5.41, 5.74) is 3.29. The van der Waals surface area contributed by atoms with Gasteiger partial charge in [-0.25, -0.2) is 9.97 Å². The summed E-state index contributed by atoms with van der Waals surface area (Å²) in [6.07, 6.45) is 1.10. The van der Waals surface area contributed by atoms with E-state index in [4.69, 9.17) is 9.15 Å². The van der Waals surface area contributed by atoms with Crippen LogP contribution in [0.5, 0.6) is 5.75 Å². The minimum atomic E-state index is -0.180. The number of benzene rings is 2. The third-order valence-corrected chi connectivity index (χ3v) is 5.37. The van der Waals surface area contributed by atoms with Crippen molar-refractivity contribution in [1.82, 2.24) is 9.97 Å². The van der Waals surface area contributed by atoms with E-state index in [-0.39, 0.29) is 12.3 Å². The van der Waals surface area contributed by atoms with Gasteiger partial charge in [0.15, 0.2) is 5.13 Å². The van der Waals surface area contributed by atoms with Crippen LogP contribution in [-0.4, -0.2) is 22.5 Å². The van der Waals surface area contributed by atoms with Crippen LogP contribution in [0.15, 0.2) is 64.4 Å². The molecule has 2 heterocycles. The number of hydrogen-bond donors (Lipinski definition) is 1. The van der Waals surface area contributed by atoms with E-state index in [1.54, 1.807) is 0 Å². The van der Waals surface area contributed by atoms with Crippen molar-refractivity contribution in [2.75, 3.05) is 11.9 Å². The van der Waals surface area contributed by atoms with E-state index in [0.29, 0.717) is 29.1 Å². The Kier molecular flexibility index (Phi) is 6.43. The molecular formula is C24H23N3O3S. The monoisotopic (exact) mass is 433 g/mol. The van der Waals surface area contributed by atoms with E-state index < -0.39 is 0 Å². The summed E-state index contributed by atoms with van der Waals surface area (Å²) in [7, 11) is 0. The largest absolute Gasteiger partial charge is 0.494 e. The molecule has 4 rings (SSSR count). The fourth-order valence-electron chi connectivity index (χ4n) is 3.02. The first kappa shape index (κ1) is 20.8. The maximum Gasteiger partial charge on any atom is 0.232 e. The number of ether oxygens (including phenoxy) is 1. The molecule has 0 bridgehead atoms. The Hall–Kier alpha value is -3.45. The predicted molar refractivity (Wildman–Crippen MR) is 122 cm³/mol. The van der Waals surface area contributed by atoms with Crippen LogP contribution in [-0.2, 0) is 11.2 Å². The van der Waals surface area contributed by atoms with Crippen molar-refractivity contribution in [2.24, 2.45) is 0 Å². The second-order valence-corrected chi connectivity index (χ2v) is 7.88. The Bertz CT molecular complexity index is 1150. The average molecular weight is 434 g/mol.